The van der Waals surface area contributed by atoms with Crippen LogP contribution in [0.15, 0.2) is 134 Å². The molecule has 0 aromatic rings. The Hall–Kier alpha value is -3.85. The first-order chi connectivity index (χ1) is 45.8. The van der Waals surface area contributed by atoms with Gasteiger partial charge in [-0.25, -0.2) is 4.57 Å². The smallest absolute Gasteiger partial charge is 0.462 e. The standard InChI is InChI=1S/C83H144NO8P/c1-3-5-7-9-11-13-15-17-19-21-23-25-27-29-31-33-35-37-39-40-42-44-46-48-50-52-54-56-58-60-62-64-66-68-70-72-74-76-83(86)92-81(80-91-93(87,88)90-78-77-84)79-89-82(85)75-73-71-69-67-65-63-61-59-57-55-53-51-49-47-45-43-41-38-36-34-32-30-28-26-24-22-20-18-16-14-12-10-8-6-4-2/h5-8,11-14,17-20,23-26,29-32,35,37,81H,3-4,9-10,15-16,21-22,27-28,33-34,36,38-80,84H2,1-2H3,(H,87,88)/b7-5-,8-6-,13-11-,14-12-,19-17-,20-18-,25-23-,26-24-,31-29-,32-30-,37-35-. The molecule has 9 nitrogen and oxygen atoms in total. The molecule has 10 heteroatoms. The third-order valence-corrected chi connectivity index (χ3v) is 17.5. The molecule has 0 rings (SSSR count). The first-order valence-electron chi connectivity index (χ1n) is 38.7. The van der Waals surface area contributed by atoms with E-state index in [1.54, 1.807) is 0 Å². The minimum atomic E-state index is -4.40. The summed E-state index contributed by atoms with van der Waals surface area (Å²) < 4.78 is 33.3. The number of ether oxygens (including phenoxy) is 2. The lowest BCUT2D eigenvalue weighted by atomic mass is 10.0. The van der Waals surface area contributed by atoms with E-state index in [1.165, 1.54) is 205 Å². The quantitative estimate of drug-likeness (QED) is 0.0264. The molecule has 0 heterocycles. The summed E-state index contributed by atoms with van der Waals surface area (Å²) in [6, 6.07) is 0. The predicted molar refractivity (Wildman–Crippen MR) is 404 cm³/mol. The van der Waals surface area contributed by atoms with Gasteiger partial charge < -0.3 is 20.1 Å². The molecule has 0 saturated heterocycles. The molecule has 0 aromatic heterocycles. The number of unbranched alkanes of at least 4 members (excludes halogenated alkanes) is 37. The van der Waals surface area contributed by atoms with E-state index in [4.69, 9.17) is 24.3 Å². The second-order valence-corrected chi connectivity index (χ2v) is 26.9. The molecule has 0 radical (unpaired) electrons. The number of hydrogen-bond donors (Lipinski definition) is 2. The Morgan fingerprint density at radius 1 is 0.323 bits per heavy atom. The Kier molecular flexibility index (Phi) is 74.0. The van der Waals surface area contributed by atoms with Gasteiger partial charge in [0.05, 0.1) is 13.2 Å². The van der Waals surface area contributed by atoms with Crippen LogP contribution in [0.1, 0.15) is 348 Å². The van der Waals surface area contributed by atoms with Crippen molar-refractivity contribution in [3.05, 3.63) is 134 Å². The highest BCUT2D eigenvalue weighted by atomic mass is 31.2. The molecule has 0 bridgehead atoms. The Labute approximate surface area is 574 Å². The Balaban J connectivity index is 3.82. The van der Waals surface area contributed by atoms with E-state index in [9.17, 15) is 19.0 Å². The van der Waals surface area contributed by atoms with Crippen molar-refractivity contribution in [3.63, 3.8) is 0 Å². The van der Waals surface area contributed by atoms with Gasteiger partial charge in [-0.05, 0) is 109 Å². The van der Waals surface area contributed by atoms with Crippen LogP contribution < -0.4 is 5.73 Å². The Morgan fingerprint density at radius 3 is 0.828 bits per heavy atom. The number of carbonyl (C=O) groups is 2. The summed E-state index contributed by atoms with van der Waals surface area (Å²) in [5.41, 5.74) is 5.41. The number of carbonyl (C=O) groups excluding carboxylic acids is 2. The molecule has 0 aliphatic carbocycles. The average molecular weight is 1320 g/mol. The largest absolute Gasteiger partial charge is 0.472 e. The average Bonchev–Trinajstić information content (AvgIpc) is 3.04. The van der Waals surface area contributed by atoms with Gasteiger partial charge in [-0.3, -0.25) is 18.6 Å². The molecule has 0 spiro atoms. The van der Waals surface area contributed by atoms with E-state index >= 15 is 0 Å². The van der Waals surface area contributed by atoms with Crippen LogP contribution in [0.4, 0.5) is 0 Å². The van der Waals surface area contributed by atoms with Crippen LogP contribution in [0.2, 0.25) is 0 Å². The number of phosphoric ester groups is 1. The van der Waals surface area contributed by atoms with Crippen LogP contribution in [-0.4, -0.2) is 49.3 Å². The van der Waals surface area contributed by atoms with Gasteiger partial charge in [-0.2, -0.15) is 0 Å². The summed E-state index contributed by atoms with van der Waals surface area (Å²) in [6.07, 6.45) is 110. The lowest BCUT2D eigenvalue weighted by molar-refractivity contribution is -0.161. The summed E-state index contributed by atoms with van der Waals surface area (Å²) in [5, 5.41) is 0. The van der Waals surface area contributed by atoms with Gasteiger partial charge >= 0.3 is 19.8 Å². The van der Waals surface area contributed by atoms with Crippen molar-refractivity contribution < 1.29 is 37.6 Å². The zero-order valence-corrected chi connectivity index (χ0v) is 61.1. The molecule has 0 aliphatic rings. The molecular weight excluding hydrogens is 1170 g/mol. The lowest BCUT2D eigenvalue weighted by Crippen LogP contribution is -2.29. The fourth-order valence-corrected chi connectivity index (χ4v) is 11.7. The topological polar surface area (TPSA) is 134 Å². The van der Waals surface area contributed by atoms with E-state index in [0.29, 0.717) is 6.42 Å². The number of esters is 2. The van der Waals surface area contributed by atoms with Crippen molar-refractivity contribution in [2.75, 3.05) is 26.4 Å². The summed E-state index contributed by atoms with van der Waals surface area (Å²) in [6.45, 7) is 3.56. The second kappa shape index (κ2) is 77.2. The first kappa shape index (κ1) is 89.2. The predicted octanol–water partition coefficient (Wildman–Crippen LogP) is 26.0. The maximum absolute atomic E-state index is 12.8. The SMILES string of the molecule is CC/C=C\C/C=C\C/C=C\C/C=C\C/C=C\C/C=C\CCCCCCCCCCCCCCCCCCCCC(=O)OC(COC(=O)CCCCCCCCCCCCCCCCCCCCC/C=C\C/C=C\C/C=C\C/C=C\C/C=C\CC)COP(=O)(O)OCCN. The van der Waals surface area contributed by atoms with Crippen LogP contribution in [0.25, 0.3) is 0 Å². The van der Waals surface area contributed by atoms with E-state index < -0.39 is 26.5 Å². The molecule has 3 N–H and O–H groups in total. The van der Waals surface area contributed by atoms with E-state index in [0.717, 1.165) is 109 Å². The van der Waals surface area contributed by atoms with Crippen molar-refractivity contribution >= 4 is 19.8 Å². The molecule has 0 saturated carbocycles. The molecule has 2 atom stereocenters. The van der Waals surface area contributed by atoms with Gasteiger partial charge in [-0.1, -0.05) is 359 Å². The molecule has 0 aromatic carbocycles. The van der Waals surface area contributed by atoms with E-state index in [2.05, 4.69) is 148 Å². The Bertz CT molecular complexity index is 1990. The number of rotatable bonds is 72. The summed E-state index contributed by atoms with van der Waals surface area (Å²) >= 11 is 0. The van der Waals surface area contributed by atoms with E-state index in [1.807, 2.05) is 0 Å². The zero-order valence-electron chi connectivity index (χ0n) is 60.2. The normalized spacial score (nSPS) is 13.6. The van der Waals surface area contributed by atoms with Gasteiger partial charge in [0.1, 0.15) is 6.61 Å². The minimum absolute atomic E-state index is 0.0511. The molecule has 93 heavy (non-hydrogen) atoms. The maximum Gasteiger partial charge on any atom is 0.472 e. The van der Waals surface area contributed by atoms with Crippen LogP contribution >= 0.6 is 7.82 Å². The molecule has 0 amide bonds. The molecule has 534 valence electrons. The van der Waals surface area contributed by atoms with Crippen molar-refractivity contribution in [2.24, 2.45) is 5.73 Å². The van der Waals surface area contributed by atoms with Crippen molar-refractivity contribution in [1.29, 1.82) is 0 Å². The zero-order chi connectivity index (χ0) is 67.2. The van der Waals surface area contributed by atoms with E-state index in [-0.39, 0.29) is 38.6 Å². The molecule has 0 aliphatic heterocycles. The van der Waals surface area contributed by atoms with Gasteiger partial charge in [0.15, 0.2) is 6.10 Å². The highest BCUT2D eigenvalue weighted by molar-refractivity contribution is 7.47. The van der Waals surface area contributed by atoms with Gasteiger partial charge in [0, 0.05) is 19.4 Å². The highest BCUT2D eigenvalue weighted by Gasteiger charge is 2.26. The number of allylic oxidation sites excluding steroid dienone is 22. The van der Waals surface area contributed by atoms with Crippen LogP contribution in [0.3, 0.4) is 0 Å². The third-order valence-electron chi connectivity index (χ3n) is 16.5. The fourth-order valence-electron chi connectivity index (χ4n) is 10.9. The lowest BCUT2D eigenvalue weighted by Gasteiger charge is -2.19. The second-order valence-electron chi connectivity index (χ2n) is 25.5. The van der Waals surface area contributed by atoms with Crippen molar-refractivity contribution in [3.8, 4) is 0 Å². The minimum Gasteiger partial charge on any atom is -0.462 e. The van der Waals surface area contributed by atoms with Crippen LogP contribution in [-0.2, 0) is 32.7 Å². The molecular formula is C83H144NO8P. The number of nitrogens with two attached hydrogens (primary N) is 1. The molecule has 0 fully saturated rings. The fraction of sp³-hybridized carbons (Fsp3) is 0.711. The monoisotopic (exact) mass is 1310 g/mol. The third kappa shape index (κ3) is 77.0. The highest BCUT2D eigenvalue weighted by Crippen LogP contribution is 2.43. The Morgan fingerprint density at radius 2 is 0.559 bits per heavy atom. The van der Waals surface area contributed by atoms with Crippen LogP contribution in [0.5, 0.6) is 0 Å². The van der Waals surface area contributed by atoms with Crippen molar-refractivity contribution in [1.82, 2.24) is 0 Å². The van der Waals surface area contributed by atoms with Gasteiger partial charge in [0.2, 0.25) is 0 Å². The molecule has 2 unspecified atom stereocenters. The van der Waals surface area contributed by atoms with Crippen LogP contribution in [0, 0.1) is 0 Å². The van der Waals surface area contributed by atoms with Gasteiger partial charge in [0.25, 0.3) is 0 Å². The summed E-state index contributed by atoms with van der Waals surface area (Å²) in [4.78, 5) is 35.5. The number of phosphoric acid groups is 1. The summed E-state index contributed by atoms with van der Waals surface area (Å²) in [5.74, 6) is -0.816. The van der Waals surface area contributed by atoms with Crippen molar-refractivity contribution in [2.45, 2.75) is 354 Å². The number of hydrogen-bond acceptors (Lipinski definition) is 8. The maximum atomic E-state index is 12.8. The summed E-state index contributed by atoms with van der Waals surface area (Å²) in [7, 11) is -4.40. The first-order valence-corrected chi connectivity index (χ1v) is 40.2. The van der Waals surface area contributed by atoms with Gasteiger partial charge in [-0.15, -0.1) is 0 Å².